The molecule has 3 rings (SSSR count). The van der Waals surface area contributed by atoms with E-state index in [1.807, 2.05) is 10.3 Å². The van der Waals surface area contributed by atoms with E-state index in [-0.39, 0.29) is 23.1 Å². The summed E-state index contributed by atoms with van der Waals surface area (Å²) in [6.45, 7) is 0.716. The number of carbonyl (C=O) groups excluding carboxylic acids is 1. The van der Waals surface area contributed by atoms with Crippen LogP contribution in [0.5, 0.6) is 0 Å². The van der Waals surface area contributed by atoms with Gasteiger partial charge in [-0.3, -0.25) is 9.59 Å². The highest BCUT2D eigenvalue weighted by atomic mass is 32.1. The summed E-state index contributed by atoms with van der Waals surface area (Å²) in [5.74, 6) is -0.171. The molecule has 0 aromatic carbocycles. The number of aromatic amines is 1. The van der Waals surface area contributed by atoms with Crippen molar-refractivity contribution in [2.75, 3.05) is 6.54 Å². The van der Waals surface area contributed by atoms with E-state index in [1.54, 1.807) is 29.7 Å². The van der Waals surface area contributed by atoms with Crippen LogP contribution in [0, 0.1) is 0 Å². The van der Waals surface area contributed by atoms with Crippen LogP contribution in [0.2, 0.25) is 0 Å². The Labute approximate surface area is 114 Å². The first kappa shape index (κ1) is 12.2. The minimum absolute atomic E-state index is 0.110. The smallest absolute Gasteiger partial charge is 0.260 e. The Balaban J connectivity index is 1.91. The summed E-state index contributed by atoms with van der Waals surface area (Å²) in [6, 6.07) is 5.43. The lowest BCUT2D eigenvalue weighted by molar-refractivity contribution is 0.0734. The average molecular weight is 274 g/mol. The number of pyridine rings is 1. The van der Waals surface area contributed by atoms with Crippen molar-refractivity contribution in [2.24, 2.45) is 0 Å². The Bertz CT molecular complexity index is 633. The Kier molecular flexibility index (Phi) is 3.21. The Morgan fingerprint density at radius 3 is 3.05 bits per heavy atom. The molecule has 19 heavy (non-hydrogen) atoms. The minimum Gasteiger partial charge on any atom is -0.331 e. The van der Waals surface area contributed by atoms with Crippen LogP contribution in [0.4, 0.5) is 0 Å². The van der Waals surface area contributed by atoms with Crippen LogP contribution >= 0.6 is 11.3 Å². The van der Waals surface area contributed by atoms with E-state index < -0.39 is 0 Å². The fraction of sp³-hybridized carbons (Fsp3) is 0.286. The molecular weight excluding hydrogens is 260 g/mol. The van der Waals surface area contributed by atoms with Gasteiger partial charge in [-0.15, -0.1) is 0 Å². The molecule has 3 heterocycles. The number of hydrogen-bond acceptors (Lipinski definition) is 3. The molecule has 0 spiro atoms. The van der Waals surface area contributed by atoms with Crippen LogP contribution in [0.1, 0.15) is 34.8 Å². The summed E-state index contributed by atoms with van der Waals surface area (Å²) in [4.78, 5) is 28.6. The second-order valence-electron chi connectivity index (χ2n) is 4.63. The Morgan fingerprint density at radius 1 is 1.42 bits per heavy atom. The van der Waals surface area contributed by atoms with E-state index >= 15 is 0 Å². The van der Waals surface area contributed by atoms with Crippen molar-refractivity contribution in [3.63, 3.8) is 0 Å². The third-order valence-electron chi connectivity index (χ3n) is 3.49. The lowest BCUT2D eigenvalue weighted by Gasteiger charge is -2.23. The first-order valence-electron chi connectivity index (χ1n) is 6.28. The fourth-order valence-corrected chi connectivity index (χ4v) is 3.27. The largest absolute Gasteiger partial charge is 0.331 e. The second-order valence-corrected chi connectivity index (χ2v) is 5.41. The van der Waals surface area contributed by atoms with Gasteiger partial charge in [0.15, 0.2) is 0 Å². The zero-order valence-corrected chi connectivity index (χ0v) is 11.2. The van der Waals surface area contributed by atoms with Crippen molar-refractivity contribution >= 4 is 17.2 Å². The van der Waals surface area contributed by atoms with Crippen molar-refractivity contribution in [2.45, 2.75) is 18.9 Å². The fourth-order valence-electron chi connectivity index (χ4n) is 2.57. The van der Waals surface area contributed by atoms with Crippen molar-refractivity contribution < 1.29 is 4.79 Å². The third-order valence-corrected chi connectivity index (χ3v) is 4.19. The molecule has 0 aliphatic carbocycles. The van der Waals surface area contributed by atoms with Crippen molar-refractivity contribution in [3.8, 4) is 0 Å². The molecule has 1 atom stereocenters. The highest BCUT2D eigenvalue weighted by Crippen LogP contribution is 2.33. The van der Waals surface area contributed by atoms with Gasteiger partial charge in [0.25, 0.3) is 11.5 Å². The number of nitrogens with one attached hydrogen (secondary N) is 1. The lowest BCUT2D eigenvalue weighted by atomic mass is 10.1. The van der Waals surface area contributed by atoms with Gasteiger partial charge in [-0.1, -0.05) is 0 Å². The number of amides is 1. The van der Waals surface area contributed by atoms with E-state index in [9.17, 15) is 9.59 Å². The molecule has 0 radical (unpaired) electrons. The standard InChI is InChI=1S/C14H14N2O2S/c17-13-11(3-1-6-15-13)14(18)16-7-2-4-12(16)10-5-8-19-9-10/h1,3,5-6,8-9,12H,2,4,7H2,(H,15,17)/t12-/m0/s1. The van der Waals surface area contributed by atoms with Gasteiger partial charge in [0.1, 0.15) is 5.56 Å². The van der Waals surface area contributed by atoms with Crippen LogP contribution in [0.25, 0.3) is 0 Å². The molecule has 1 N–H and O–H groups in total. The first-order chi connectivity index (χ1) is 9.27. The van der Waals surface area contributed by atoms with Crippen LogP contribution in [-0.4, -0.2) is 22.3 Å². The van der Waals surface area contributed by atoms with E-state index in [0.29, 0.717) is 6.54 Å². The van der Waals surface area contributed by atoms with Gasteiger partial charge in [0.05, 0.1) is 6.04 Å². The summed E-state index contributed by atoms with van der Waals surface area (Å²) in [6.07, 6.45) is 3.49. The van der Waals surface area contributed by atoms with Crippen molar-refractivity contribution in [1.82, 2.24) is 9.88 Å². The number of aromatic nitrogens is 1. The monoisotopic (exact) mass is 274 g/mol. The topological polar surface area (TPSA) is 53.2 Å². The molecule has 1 fully saturated rings. The van der Waals surface area contributed by atoms with Gasteiger partial charge in [-0.25, -0.2) is 0 Å². The van der Waals surface area contributed by atoms with Gasteiger partial charge in [0, 0.05) is 12.7 Å². The summed E-state index contributed by atoms with van der Waals surface area (Å²) in [5.41, 5.74) is 1.08. The first-order valence-corrected chi connectivity index (χ1v) is 7.22. The molecule has 0 saturated carbocycles. The highest BCUT2D eigenvalue weighted by Gasteiger charge is 2.31. The predicted molar refractivity (Wildman–Crippen MR) is 74.4 cm³/mol. The Morgan fingerprint density at radius 2 is 2.32 bits per heavy atom. The van der Waals surface area contributed by atoms with Crippen LogP contribution in [0.15, 0.2) is 40.0 Å². The molecule has 0 bridgehead atoms. The zero-order chi connectivity index (χ0) is 13.2. The molecule has 5 heteroatoms. The maximum absolute atomic E-state index is 12.5. The van der Waals surface area contributed by atoms with Crippen molar-refractivity contribution in [1.29, 1.82) is 0 Å². The quantitative estimate of drug-likeness (QED) is 0.914. The minimum atomic E-state index is -0.316. The number of likely N-dealkylation sites (tertiary alicyclic amines) is 1. The molecule has 1 amide bonds. The highest BCUT2D eigenvalue weighted by molar-refractivity contribution is 7.07. The van der Waals surface area contributed by atoms with E-state index in [0.717, 1.165) is 12.8 Å². The summed E-state index contributed by atoms with van der Waals surface area (Å²) < 4.78 is 0. The normalized spacial score (nSPS) is 18.7. The van der Waals surface area contributed by atoms with Crippen LogP contribution in [-0.2, 0) is 0 Å². The molecule has 2 aromatic heterocycles. The number of hydrogen-bond donors (Lipinski definition) is 1. The Hall–Kier alpha value is -1.88. The van der Waals surface area contributed by atoms with E-state index in [2.05, 4.69) is 16.4 Å². The summed E-state index contributed by atoms with van der Waals surface area (Å²) >= 11 is 1.63. The van der Waals surface area contributed by atoms with Gasteiger partial charge in [-0.2, -0.15) is 11.3 Å². The number of carbonyl (C=O) groups is 1. The molecule has 4 nitrogen and oxygen atoms in total. The average Bonchev–Trinajstić information content (AvgIpc) is 3.09. The third kappa shape index (κ3) is 2.21. The van der Waals surface area contributed by atoms with Crippen molar-refractivity contribution in [3.05, 3.63) is 56.6 Å². The zero-order valence-electron chi connectivity index (χ0n) is 10.3. The molecular formula is C14H14N2O2S. The van der Waals surface area contributed by atoms with Gasteiger partial charge in [-0.05, 0) is 47.4 Å². The lowest BCUT2D eigenvalue weighted by Crippen LogP contribution is -2.34. The molecule has 1 aliphatic rings. The number of nitrogens with zero attached hydrogens (tertiary/aromatic N) is 1. The molecule has 1 aliphatic heterocycles. The van der Waals surface area contributed by atoms with E-state index in [4.69, 9.17) is 0 Å². The number of thiophene rings is 1. The van der Waals surface area contributed by atoms with Gasteiger partial charge >= 0.3 is 0 Å². The molecule has 0 unspecified atom stereocenters. The predicted octanol–water partition coefficient (Wildman–Crippen LogP) is 2.41. The second kappa shape index (κ2) is 5.01. The SMILES string of the molecule is O=C(c1ccc[nH]c1=O)N1CCC[C@H]1c1ccsc1. The molecule has 2 aromatic rings. The molecule has 98 valence electrons. The van der Waals surface area contributed by atoms with Crippen LogP contribution in [0.3, 0.4) is 0 Å². The number of H-pyrrole nitrogens is 1. The molecule has 1 saturated heterocycles. The van der Waals surface area contributed by atoms with Crippen LogP contribution < -0.4 is 5.56 Å². The number of rotatable bonds is 2. The summed E-state index contributed by atoms with van der Waals surface area (Å²) in [5, 5.41) is 4.09. The maximum atomic E-state index is 12.5. The van der Waals surface area contributed by atoms with Gasteiger partial charge in [0.2, 0.25) is 0 Å². The summed E-state index contributed by atoms with van der Waals surface area (Å²) in [7, 11) is 0. The van der Waals surface area contributed by atoms with Gasteiger partial charge < -0.3 is 9.88 Å². The maximum Gasteiger partial charge on any atom is 0.260 e. The van der Waals surface area contributed by atoms with E-state index in [1.165, 1.54) is 5.56 Å².